The van der Waals surface area contributed by atoms with E-state index in [4.69, 9.17) is 0 Å². The van der Waals surface area contributed by atoms with E-state index in [1.54, 1.807) is 11.3 Å². The first kappa shape index (κ1) is 13.9. The van der Waals surface area contributed by atoms with Crippen molar-refractivity contribution in [1.29, 1.82) is 0 Å². The van der Waals surface area contributed by atoms with Crippen molar-refractivity contribution in [3.05, 3.63) is 42.2 Å². The van der Waals surface area contributed by atoms with Gasteiger partial charge in [0, 0.05) is 15.3 Å². The van der Waals surface area contributed by atoms with Crippen LogP contribution in [0.4, 0.5) is 5.82 Å². The fraction of sp³-hybridized carbons (Fsp3) is 0.273. The van der Waals surface area contributed by atoms with E-state index in [0.29, 0.717) is 5.56 Å². The number of carbonyl (C=O) groups excluding carboxylic acids is 1. The number of carbonyl (C=O) groups is 1. The van der Waals surface area contributed by atoms with Crippen molar-refractivity contribution in [2.75, 3.05) is 0 Å². The number of ketones is 1. The van der Waals surface area contributed by atoms with Crippen molar-refractivity contribution in [2.45, 2.75) is 20.4 Å². The Balaban J connectivity index is 2.22. The maximum absolute atomic E-state index is 12.1. The van der Waals surface area contributed by atoms with Gasteiger partial charge in [0.15, 0.2) is 5.78 Å². The summed E-state index contributed by atoms with van der Waals surface area (Å²) in [5.74, 6) is -0.391. The minimum atomic E-state index is -0.592. The van der Waals surface area contributed by atoms with Crippen LogP contribution in [0.15, 0.2) is 16.7 Å². The van der Waals surface area contributed by atoms with Crippen molar-refractivity contribution in [2.24, 2.45) is 0 Å². The van der Waals surface area contributed by atoms with Crippen molar-refractivity contribution < 1.29 is 9.72 Å². The maximum atomic E-state index is 12.1. The summed E-state index contributed by atoms with van der Waals surface area (Å²) < 4.78 is 1.54. The minimum Gasteiger partial charge on any atom is -0.358 e. The van der Waals surface area contributed by atoms with Crippen molar-refractivity contribution in [3.63, 3.8) is 0 Å². The standard InChI is InChI=1S/C11H10BrN3O3S/c1-6-3-8(7(2)19-6)10(16)5-14-4-9(12)11(13-14)15(17)18/h3-4H,5H2,1-2H3. The molecule has 0 spiro atoms. The van der Waals surface area contributed by atoms with Gasteiger partial charge < -0.3 is 10.1 Å². The summed E-state index contributed by atoms with van der Waals surface area (Å²) in [4.78, 5) is 24.2. The summed E-state index contributed by atoms with van der Waals surface area (Å²) in [5, 5.41) is 14.4. The Morgan fingerprint density at radius 1 is 1.58 bits per heavy atom. The van der Waals surface area contributed by atoms with E-state index >= 15 is 0 Å². The Hall–Kier alpha value is -1.54. The van der Waals surface area contributed by atoms with Crippen molar-refractivity contribution in [3.8, 4) is 0 Å². The van der Waals surface area contributed by atoms with Crippen LogP contribution in [0.5, 0.6) is 0 Å². The van der Waals surface area contributed by atoms with E-state index in [-0.39, 0.29) is 22.6 Å². The average Bonchev–Trinajstić information content (AvgIpc) is 2.81. The third-order valence-corrected chi connectivity index (χ3v) is 4.04. The highest BCUT2D eigenvalue weighted by Crippen LogP contribution is 2.24. The van der Waals surface area contributed by atoms with Crippen LogP contribution in [0.1, 0.15) is 20.1 Å². The van der Waals surface area contributed by atoms with E-state index in [2.05, 4.69) is 21.0 Å². The molecule has 0 N–H and O–H groups in total. The van der Waals surface area contributed by atoms with Gasteiger partial charge in [-0.25, -0.2) is 0 Å². The summed E-state index contributed by atoms with van der Waals surface area (Å²) in [7, 11) is 0. The second kappa shape index (κ2) is 5.22. The fourth-order valence-electron chi connectivity index (χ4n) is 1.73. The SMILES string of the molecule is Cc1cc(C(=O)Cn2cc(Br)c([N+](=O)[O-])n2)c(C)s1. The Kier molecular flexibility index (Phi) is 3.81. The largest absolute Gasteiger partial charge is 0.404 e. The number of hydrogen-bond acceptors (Lipinski definition) is 5. The molecule has 2 rings (SSSR count). The number of hydrogen-bond donors (Lipinski definition) is 0. The maximum Gasteiger partial charge on any atom is 0.404 e. The number of nitro groups is 1. The zero-order chi connectivity index (χ0) is 14.2. The van der Waals surface area contributed by atoms with Gasteiger partial charge >= 0.3 is 5.82 Å². The quantitative estimate of drug-likeness (QED) is 0.485. The smallest absolute Gasteiger partial charge is 0.358 e. The number of halogens is 1. The number of aryl methyl sites for hydroxylation is 2. The van der Waals surface area contributed by atoms with Crippen LogP contribution in [0, 0.1) is 24.0 Å². The molecule has 2 aromatic rings. The van der Waals surface area contributed by atoms with Crippen LogP contribution >= 0.6 is 27.3 Å². The van der Waals surface area contributed by atoms with Gasteiger partial charge in [-0.15, -0.1) is 11.3 Å². The Morgan fingerprint density at radius 3 is 2.74 bits per heavy atom. The van der Waals surface area contributed by atoms with Crippen LogP contribution in [0.25, 0.3) is 0 Å². The van der Waals surface area contributed by atoms with Gasteiger partial charge in [-0.1, -0.05) is 0 Å². The second-order valence-corrected chi connectivity index (χ2v) is 6.32. The van der Waals surface area contributed by atoms with Gasteiger partial charge in [-0.2, -0.15) is 4.68 Å². The number of thiophene rings is 1. The summed E-state index contributed by atoms with van der Waals surface area (Å²) in [6.07, 6.45) is 1.44. The van der Waals surface area contributed by atoms with E-state index in [1.165, 1.54) is 10.9 Å². The highest BCUT2D eigenvalue weighted by atomic mass is 79.9. The molecule has 0 atom stereocenters. The molecule has 0 radical (unpaired) electrons. The van der Waals surface area contributed by atoms with Crippen molar-refractivity contribution >= 4 is 38.9 Å². The lowest BCUT2D eigenvalue weighted by atomic mass is 10.1. The summed E-state index contributed by atoms with van der Waals surface area (Å²) in [5.41, 5.74) is 0.650. The first-order chi connectivity index (χ1) is 8.88. The first-order valence-corrected chi connectivity index (χ1v) is 6.97. The van der Waals surface area contributed by atoms with Crippen LogP contribution in [0.2, 0.25) is 0 Å². The average molecular weight is 344 g/mol. The topological polar surface area (TPSA) is 78.0 Å². The molecule has 0 aliphatic rings. The molecule has 100 valence electrons. The normalized spacial score (nSPS) is 10.7. The van der Waals surface area contributed by atoms with Crippen LogP contribution in [-0.4, -0.2) is 20.5 Å². The zero-order valence-corrected chi connectivity index (χ0v) is 12.6. The first-order valence-electron chi connectivity index (χ1n) is 5.36. The van der Waals surface area contributed by atoms with Crippen LogP contribution in [-0.2, 0) is 6.54 Å². The molecule has 0 saturated carbocycles. The molecule has 0 aromatic carbocycles. The molecule has 6 nitrogen and oxygen atoms in total. The van der Waals surface area contributed by atoms with E-state index < -0.39 is 4.92 Å². The lowest BCUT2D eigenvalue weighted by Gasteiger charge is -1.97. The molecule has 0 saturated heterocycles. The molecule has 0 aliphatic heterocycles. The minimum absolute atomic E-state index is 0.0105. The van der Waals surface area contributed by atoms with E-state index in [1.807, 2.05) is 19.9 Å². The van der Waals surface area contributed by atoms with Crippen LogP contribution in [0.3, 0.4) is 0 Å². The molecule has 0 unspecified atom stereocenters. The predicted molar refractivity (Wildman–Crippen MR) is 74.7 cm³/mol. The number of nitrogens with zero attached hydrogens (tertiary/aromatic N) is 3. The molecule has 0 aliphatic carbocycles. The summed E-state index contributed by atoms with van der Waals surface area (Å²) in [6, 6.07) is 1.83. The third-order valence-electron chi connectivity index (χ3n) is 2.52. The van der Waals surface area contributed by atoms with Gasteiger partial charge in [-0.3, -0.25) is 4.79 Å². The molecule has 2 aromatic heterocycles. The predicted octanol–water partition coefficient (Wildman–Crippen LogP) is 3.12. The zero-order valence-electron chi connectivity index (χ0n) is 10.2. The van der Waals surface area contributed by atoms with Gasteiger partial charge in [0.2, 0.25) is 0 Å². The lowest BCUT2D eigenvalue weighted by molar-refractivity contribution is -0.390. The van der Waals surface area contributed by atoms with Crippen LogP contribution < -0.4 is 0 Å². The molecule has 0 amide bonds. The second-order valence-electron chi connectivity index (χ2n) is 4.01. The summed E-state index contributed by atoms with van der Waals surface area (Å²) >= 11 is 4.60. The Bertz CT molecular complexity index is 662. The molecule has 2 heterocycles. The lowest BCUT2D eigenvalue weighted by Crippen LogP contribution is -2.11. The van der Waals surface area contributed by atoms with E-state index in [9.17, 15) is 14.9 Å². The number of Topliss-reactive ketones (excluding diaryl/α,β-unsaturated/α-hetero) is 1. The van der Waals surface area contributed by atoms with Gasteiger partial charge in [0.05, 0.1) is 11.3 Å². The molecule has 19 heavy (non-hydrogen) atoms. The molecular weight excluding hydrogens is 334 g/mol. The third kappa shape index (κ3) is 2.90. The molecule has 0 fully saturated rings. The highest BCUT2D eigenvalue weighted by molar-refractivity contribution is 9.10. The Labute approximate surface area is 121 Å². The molecule has 8 heteroatoms. The van der Waals surface area contributed by atoms with Gasteiger partial charge in [0.1, 0.15) is 11.0 Å². The van der Waals surface area contributed by atoms with Crippen molar-refractivity contribution in [1.82, 2.24) is 9.78 Å². The molecule has 0 bridgehead atoms. The van der Waals surface area contributed by atoms with Gasteiger partial charge in [0.25, 0.3) is 0 Å². The highest BCUT2D eigenvalue weighted by Gasteiger charge is 2.21. The Morgan fingerprint density at radius 2 is 2.26 bits per heavy atom. The van der Waals surface area contributed by atoms with E-state index in [0.717, 1.165) is 9.75 Å². The monoisotopic (exact) mass is 343 g/mol. The number of aromatic nitrogens is 2. The summed E-state index contributed by atoms with van der Waals surface area (Å²) in [6.45, 7) is 3.81. The number of rotatable bonds is 4. The van der Waals surface area contributed by atoms with Gasteiger partial charge in [-0.05, 0) is 40.8 Å². The fourth-order valence-corrected chi connectivity index (χ4v) is 3.13. The molecular formula is C11H10BrN3O3S.